The molecule has 0 amide bonds. The number of aliphatic carboxylic acids is 1. The normalized spacial score (nSPS) is 25.7. The third-order valence-corrected chi connectivity index (χ3v) is 4.40. The van der Waals surface area contributed by atoms with E-state index in [4.69, 9.17) is 0 Å². The molecule has 1 aromatic rings. The minimum atomic E-state index is -0.780. The van der Waals surface area contributed by atoms with Gasteiger partial charge in [-0.1, -0.05) is 6.42 Å². The zero-order valence-electron chi connectivity index (χ0n) is 13.4. The second-order valence-corrected chi connectivity index (χ2v) is 6.38. The van der Waals surface area contributed by atoms with Gasteiger partial charge in [0.15, 0.2) is 0 Å². The number of nitrogens with zero attached hydrogens (tertiary/aromatic N) is 3. The van der Waals surface area contributed by atoms with Crippen LogP contribution < -0.4 is 5.32 Å². The molecule has 2 N–H and O–H groups in total. The highest BCUT2D eigenvalue weighted by molar-refractivity contribution is 5.79. The Morgan fingerprint density at radius 3 is 2.76 bits per heavy atom. The van der Waals surface area contributed by atoms with E-state index in [-0.39, 0.29) is 12.0 Å². The van der Waals surface area contributed by atoms with Gasteiger partial charge in [0.25, 0.3) is 0 Å². The zero-order valence-corrected chi connectivity index (χ0v) is 13.4. The highest BCUT2D eigenvalue weighted by Gasteiger charge is 2.49. The molecule has 1 aliphatic rings. The number of hydrogen-bond acceptors (Lipinski definition) is 4. The maximum Gasteiger partial charge on any atom is 0.324 e. The zero-order chi connectivity index (χ0) is 15.6. The number of nitrogens with one attached hydrogen (secondary N) is 1. The molecule has 0 aliphatic heterocycles. The number of carboxylic acid groups (broad SMARTS) is 1. The van der Waals surface area contributed by atoms with Gasteiger partial charge in [0.05, 0.1) is 0 Å². The molecule has 118 valence electrons. The molecule has 1 saturated carbocycles. The molecular weight excluding hydrogens is 268 g/mol. The van der Waals surface area contributed by atoms with Crippen LogP contribution >= 0.6 is 0 Å². The van der Waals surface area contributed by atoms with E-state index in [0.29, 0.717) is 6.42 Å². The molecule has 0 radical (unpaired) electrons. The minimum Gasteiger partial charge on any atom is -0.480 e. The average Bonchev–Trinajstić information content (AvgIpc) is 2.90. The summed E-state index contributed by atoms with van der Waals surface area (Å²) in [7, 11) is 0. The molecule has 1 fully saturated rings. The van der Waals surface area contributed by atoms with Crippen LogP contribution in [0.1, 0.15) is 51.2 Å². The van der Waals surface area contributed by atoms with Crippen LogP contribution in [0.25, 0.3) is 0 Å². The largest absolute Gasteiger partial charge is 0.480 e. The molecule has 0 bridgehead atoms. The van der Waals surface area contributed by atoms with Crippen molar-refractivity contribution in [3.63, 3.8) is 0 Å². The summed E-state index contributed by atoms with van der Waals surface area (Å²) in [6, 6.07) is 0.164. The van der Waals surface area contributed by atoms with Crippen LogP contribution in [0.15, 0.2) is 0 Å². The van der Waals surface area contributed by atoms with Gasteiger partial charge in [-0.25, -0.2) is 4.98 Å². The predicted octanol–water partition coefficient (Wildman–Crippen LogP) is 1.91. The van der Waals surface area contributed by atoms with Crippen molar-refractivity contribution >= 4 is 5.97 Å². The Balaban J connectivity index is 2.10. The maximum absolute atomic E-state index is 11.9. The molecule has 2 atom stereocenters. The third-order valence-electron chi connectivity index (χ3n) is 4.40. The lowest BCUT2D eigenvalue weighted by molar-refractivity contribution is -0.147. The highest BCUT2D eigenvalue weighted by Crippen LogP contribution is 2.39. The molecule has 21 heavy (non-hydrogen) atoms. The number of carbonyl (C=O) groups is 1. The fourth-order valence-electron chi connectivity index (χ4n) is 3.57. The Kier molecular flexibility index (Phi) is 4.66. The SMILES string of the molecule is Cc1nc(C)n(CCC2CCCC2(NC(C)C)C(=O)O)n1. The van der Waals surface area contributed by atoms with Crippen molar-refractivity contribution in [2.45, 2.75) is 71.5 Å². The maximum atomic E-state index is 11.9. The summed E-state index contributed by atoms with van der Waals surface area (Å²) in [6.07, 6.45) is 3.45. The molecule has 2 rings (SSSR count). The van der Waals surface area contributed by atoms with Crippen LogP contribution in [-0.2, 0) is 11.3 Å². The quantitative estimate of drug-likeness (QED) is 0.837. The smallest absolute Gasteiger partial charge is 0.324 e. The highest BCUT2D eigenvalue weighted by atomic mass is 16.4. The number of rotatable bonds is 6. The molecule has 1 heterocycles. The first-order chi connectivity index (χ1) is 9.85. The Morgan fingerprint density at radius 1 is 1.52 bits per heavy atom. The van der Waals surface area contributed by atoms with Crippen LogP contribution in [0.5, 0.6) is 0 Å². The Bertz CT molecular complexity index is 512. The van der Waals surface area contributed by atoms with Gasteiger partial charge in [0, 0.05) is 12.6 Å². The van der Waals surface area contributed by atoms with E-state index in [9.17, 15) is 9.90 Å². The lowest BCUT2D eigenvalue weighted by Crippen LogP contribution is -2.57. The van der Waals surface area contributed by atoms with E-state index in [1.807, 2.05) is 32.4 Å². The Hall–Kier alpha value is -1.43. The lowest BCUT2D eigenvalue weighted by atomic mass is 9.84. The van der Waals surface area contributed by atoms with Crippen molar-refractivity contribution < 1.29 is 9.90 Å². The van der Waals surface area contributed by atoms with Gasteiger partial charge in [0.1, 0.15) is 17.2 Å². The minimum absolute atomic E-state index is 0.140. The Labute approximate surface area is 126 Å². The van der Waals surface area contributed by atoms with Gasteiger partial charge in [0.2, 0.25) is 0 Å². The molecular formula is C15H26N4O2. The standard InChI is InChI=1S/C15H26N4O2/c1-10(2)17-15(14(20)21)8-5-6-13(15)7-9-19-12(4)16-11(3)18-19/h10,13,17H,5-9H2,1-4H3,(H,20,21). The van der Waals surface area contributed by atoms with Crippen molar-refractivity contribution in [2.24, 2.45) is 5.92 Å². The molecule has 1 aliphatic carbocycles. The molecule has 0 aromatic carbocycles. The van der Waals surface area contributed by atoms with E-state index in [1.165, 1.54) is 0 Å². The molecule has 0 spiro atoms. The van der Waals surface area contributed by atoms with Crippen molar-refractivity contribution in [3.05, 3.63) is 11.6 Å². The Morgan fingerprint density at radius 2 is 2.24 bits per heavy atom. The van der Waals surface area contributed by atoms with E-state index >= 15 is 0 Å². The average molecular weight is 294 g/mol. The number of aromatic nitrogens is 3. The van der Waals surface area contributed by atoms with Crippen molar-refractivity contribution in [3.8, 4) is 0 Å². The summed E-state index contributed by atoms with van der Waals surface area (Å²) in [5, 5.41) is 17.4. The summed E-state index contributed by atoms with van der Waals surface area (Å²) >= 11 is 0. The van der Waals surface area contributed by atoms with Crippen molar-refractivity contribution in [2.75, 3.05) is 0 Å². The number of aryl methyl sites for hydroxylation is 3. The molecule has 6 nitrogen and oxygen atoms in total. The van der Waals surface area contributed by atoms with Crippen LogP contribution in [-0.4, -0.2) is 37.4 Å². The van der Waals surface area contributed by atoms with Crippen LogP contribution in [0.2, 0.25) is 0 Å². The van der Waals surface area contributed by atoms with Crippen molar-refractivity contribution in [1.82, 2.24) is 20.1 Å². The summed E-state index contributed by atoms with van der Waals surface area (Å²) in [4.78, 5) is 16.2. The summed E-state index contributed by atoms with van der Waals surface area (Å²) in [5.41, 5.74) is -0.780. The second-order valence-electron chi connectivity index (χ2n) is 6.38. The van der Waals surface area contributed by atoms with Crippen LogP contribution in [0.4, 0.5) is 0 Å². The van der Waals surface area contributed by atoms with E-state index in [2.05, 4.69) is 15.4 Å². The van der Waals surface area contributed by atoms with Crippen LogP contribution in [0.3, 0.4) is 0 Å². The van der Waals surface area contributed by atoms with Gasteiger partial charge in [-0.2, -0.15) is 5.10 Å². The topological polar surface area (TPSA) is 80.0 Å². The molecule has 6 heteroatoms. The fraction of sp³-hybridized carbons (Fsp3) is 0.800. The molecule has 2 unspecified atom stereocenters. The van der Waals surface area contributed by atoms with Crippen molar-refractivity contribution in [1.29, 1.82) is 0 Å². The number of hydrogen-bond donors (Lipinski definition) is 2. The monoisotopic (exact) mass is 294 g/mol. The first-order valence-corrected chi connectivity index (χ1v) is 7.74. The number of carboxylic acids is 1. The first kappa shape index (κ1) is 15.9. The molecule has 0 saturated heterocycles. The summed E-state index contributed by atoms with van der Waals surface area (Å²) in [5.74, 6) is 1.08. The third kappa shape index (κ3) is 3.26. The predicted molar refractivity (Wildman–Crippen MR) is 80.1 cm³/mol. The fourth-order valence-corrected chi connectivity index (χ4v) is 3.57. The lowest BCUT2D eigenvalue weighted by Gasteiger charge is -2.34. The van der Waals surface area contributed by atoms with E-state index < -0.39 is 11.5 Å². The van der Waals surface area contributed by atoms with Gasteiger partial charge in [-0.15, -0.1) is 0 Å². The summed E-state index contributed by atoms with van der Waals surface area (Å²) in [6.45, 7) is 8.55. The van der Waals surface area contributed by atoms with E-state index in [0.717, 1.165) is 37.5 Å². The van der Waals surface area contributed by atoms with Gasteiger partial charge in [-0.05, 0) is 52.9 Å². The van der Waals surface area contributed by atoms with Gasteiger partial charge >= 0.3 is 5.97 Å². The second kappa shape index (κ2) is 6.13. The summed E-state index contributed by atoms with van der Waals surface area (Å²) < 4.78 is 1.88. The molecule has 1 aromatic heterocycles. The van der Waals surface area contributed by atoms with E-state index in [1.54, 1.807) is 0 Å². The van der Waals surface area contributed by atoms with Gasteiger partial charge in [-0.3, -0.25) is 14.8 Å². The van der Waals surface area contributed by atoms with Gasteiger partial charge < -0.3 is 5.11 Å². The van der Waals surface area contributed by atoms with Crippen LogP contribution in [0, 0.1) is 19.8 Å². The first-order valence-electron chi connectivity index (χ1n) is 7.74.